The predicted octanol–water partition coefficient (Wildman–Crippen LogP) is 2.20. The summed E-state index contributed by atoms with van der Waals surface area (Å²) >= 11 is 1.96. The van der Waals surface area contributed by atoms with Crippen molar-refractivity contribution in [2.75, 3.05) is 12.3 Å². The van der Waals surface area contributed by atoms with E-state index in [0.717, 1.165) is 18.6 Å². The molecule has 1 saturated heterocycles. The van der Waals surface area contributed by atoms with Crippen LogP contribution in [0.15, 0.2) is 0 Å². The monoisotopic (exact) mass is 279 g/mol. The number of rotatable bonds is 5. The number of hydrogen-bond acceptors (Lipinski definition) is 4. The highest BCUT2D eigenvalue weighted by Gasteiger charge is 2.50. The molecule has 0 bridgehead atoms. The quantitative estimate of drug-likeness (QED) is 0.783. The Morgan fingerprint density at radius 2 is 2.28 bits per heavy atom. The van der Waals surface area contributed by atoms with Gasteiger partial charge in [0.2, 0.25) is 0 Å². The number of halogens is 2. The Morgan fingerprint density at radius 3 is 2.89 bits per heavy atom. The molecule has 3 unspecified atom stereocenters. The van der Waals surface area contributed by atoms with Gasteiger partial charge in [0.1, 0.15) is 6.10 Å². The molecule has 0 radical (unpaired) electrons. The van der Waals surface area contributed by atoms with Crippen LogP contribution in [0.25, 0.3) is 0 Å². The molecule has 1 aliphatic carbocycles. The van der Waals surface area contributed by atoms with Crippen molar-refractivity contribution in [1.82, 2.24) is 5.32 Å². The number of esters is 1. The van der Waals surface area contributed by atoms with E-state index in [-0.39, 0.29) is 0 Å². The van der Waals surface area contributed by atoms with Gasteiger partial charge in [0.25, 0.3) is 0 Å². The number of nitrogens with one attached hydrogen (secondary N) is 1. The lowest BCUT2D eigenvalue weighted by Crippen LogP contribution is -2.34. The maximum atomic E-state index is 12.9. The average Bonchev–Trinajstić information content (AvgIpc) is 2.83. The minimum absolute atomic E-state index is 0.343. The number of alkyl halides is 2. The predicted molar refractivity (Wildman–Crippen MR) is 67.0 cm³/mol. The molecule has 0 aromatic heterocycles. The largest absolute Gasteiger partial charge is 0.456 e. The van der Waals surface area contributed by atoms with Gasteiger partial charge in [-0.3, -0.25) is 0 Å². The summed E-state index contributed by atoms with van der Waals surface area (Å²) < 4.78 is 30.5. The molecule has 0 amide bonds. The third-order valence-corrected chi connectivity index (χ3v) is 4.71. The van der Waals surface area contributed by atoms with Crippen molar-refractivity contribution in [1.29, 1.82) is 0 Å². The second-order valence-electron chi connectivity index (χ2n) is 4.93. The van der Waals surface area contributed by atoms with Crippen LogP contribution < -0.4 is 5.32 Å². The van der Waals surface area contributed by atoms with Gasteiger partial charge >= 0.3 is 11.9 Å². The molecule has 3 atom stereocenters. The van der Waals surface area contributed by atoms with E-state index in [9.17, 15) is 13.6 Å². The van der Waals surface area contributed by atoms with E-state index in [1.165, 1.54) is 6.42 Å². The molecule has 1 N–H and O–H groups in total. The van der Waals surface area contributed by atoms with E-state index in [0.29, 0.717) is 17.8 Å². The molecular formula is C12H19F2NO2S. The number of hydrogen-bond donors (Lipinski definition) is 1. The first-order chi connectivity index (χ1) is 8.51. The number of cyclic esters (lactones) is 1. The molecule has 1 heterocycles. The first-order valence-electron chi connectivity index (χ1n) is 6.45. The highest BCUT2D eigenvalue weighted by molar-refractivity contribution is 7.99. The molecule has 6 heteroatoms. The summed E-state index contributed by atoms with van der Waals surface area (Å²) in [5.41, 5.74) is 0. The highest BCUT2D eigenvalue weighted by atomic mass is 32.2. The first-order valence-corrected chi connectivity index (χ1v) is 7.50. The summed E-state index contributed by atoms with van der Waals surface area (Å²) in [6.45, 7) is 2.49. The topological polar surface area (TPSA) is 38.3 Å². The van der Waals surface area contributed by atoms with Crippen molar-refractivity contribution in [3.63, 3.8) is 0 Å². The first kappa shape index (κ1) is 14.1. The van der Waals surface area contributed by atoms with Gasteiger partial charge in [-0.15, -0.1) is 0 Å². The fourth-order valence-corrected chi connectivity index (χ4v) is 3.72. The summed E-state index contributed by atoms with van der Waals surface area (Å²) in [6, 6.07) is 0.377. The lowest BCUT2D eigenvalue weighted by Gasteiger charge is -2.15. The van der Waals surface area contributed by atoms with Gasteiger partial charge in [0.05, 0.1) is 6.42 Å². The molecule has 2 fully saturated rings. The number of carbonyl (C=O) groups is 1. The van der Waals surface area contributed by atoms with Crippen molar-refractivity contribution >= 4 is 17.7 Å². The van der Waals surface area contributed by atoms with E-state index in [1.54, 1.807) is 0 Å². The summed E-state index contributed by atoms with van der Waals surface area (Å²) in [4.78, 5) is 10.8. The van der Waals surface area contributed by atoms with Gasteiger partial charge in [0, 0.05) is 17.8 Å². The molecule has 18 heavy (non-hydrogen) atoms. The second-order valence-corrected chi connectivity index (χ2v) is 6.51. The van der Waals surface area contributed by atoms with Crippen LogP contribution in [0.2, 0.25) is 0 Å². The maximum absolute atomic E-state index is 12.9. The van der Waals surface area contributed by atoms with Gasteiger partial charge < -0.3 is 10.1 Å². The van der Waals surface area contributed by atoms with Crippen molar-refractivity contribution in [2.45, 2.75) is 55.9 Å². The average molecular weight is 279 g/mol. The SMILES string of the molecule is CCSC1CCC(NCC2CC(F)(F)C(=O)O2)C1. The molecule has 104 valence electrons. The van der Waals surface area contributed by atoms with Crippen LogP contribution in [0.4, 0.5) is 8.78 Å². The zero-order chi connectivity index (χ0) is 13.2. The number of thioether (sulfide) groups is 1. The summed E-state index contributed by atoms with van der Waals surface area (Å²) in [6.07, 6.45) is 2.17. The zero-order valence-electron chi connectivity index (χ0n) is 10.5. The second kappa shape index (κ2) is 5.74. The van der Waals surface area contributed by atoms with E-state index in [2.05, 4.69) is 17.0 Å². The van der Waals surface area contributed by atoms with E-state index >= 15 is 0 Å². The van der Waals surface area contributed by atoms with Crippen LogP contribution in [0.5, 0.6) is 0 Å². The van der Waals surface area contributed by atoms with Crippen LogP contribution in [-0.4, -0.2) is 41.6 Å². The van der Waals surface area contributed by atoms with E-state index < -0.39 is 24.4 Å². The zero-order valence-corrected chi connectivity index (χ0v) is 11.3. The van der Waals surface area contributed by atoms with Crippen LogP contribution in [0.1, 0.15) is 32.6 Å². The van der Waals surface area contributed by atoms with Crippen LogP contribution in [-0.2, 0) is 9.53 Å². The minimum Gasteiger partial charge on any atom is -0.456 e. The minimum atomic E-state index is -3.29. The van der Waals surface area contributed by atoms with Gasteiger partial charge in [-0.1, -0.05) is 6.92 Å². The normalized spacial score (nSPS) is 34.8. The Morgan fingerprint density at radius 1 is 1.50 bits per heavy atom. The summed E-state index contributed by atoms with van der Waals surface area (Å²) in [5, 5.41) is 3.93. The van der Waals surface area contributed by atoms with Crippen LogP contribution in [0.3, 0.4) is 0 Å². The molecule has 0 aromatic rings. The van der Waals surface area contributed by atoms with Crippen molar-refractivity contribution in [3.8, 4) is 0 Å². The smallest absolute Gasteiger partial charge is 0.377 e. The molecule has 0 aromatic carbocycles. The molecule has 2 rings (SSSR count). The standard InChI is InChI=1S/C12H19F2NO2S/c1-2-18-10-4-3-8(5-10)15-7-9-6-12(13,14)11(16)17-9/h8-10,15H,2-7H2,1H3. The van der Waals surface area contributed by atoms with Gasteiger partial charge in [-0.05, 0) is 25.0 Å². The Kier molecular flexibility index (Phi) is 4.48. The third kappa shape index (κ3) is 3.35. The summed E-state index contributed by atoms with van der Waals surface area (Å²) in [5.74, 6) is -3.55. The number of carbonyl (C=O) groups excluding carboxylic acids is 1. The van der Waals surface area contributed by atoms with E-state index in [4.69, 9.17) is 0 Å². The van der Waals surface area contributed by atoms with Crippen LogP contribution >= 0.6 is 11.8 Å². The summed E-state index contributed by atoms with van der Waals surface area (Å²) in [7, 11) is 0. The fourth-order valence-electron chi connectivity index (χ4n) is 2.57. The lowest BCUT2D eigenvalue weighted by atomic mass is 10.2. The van der Waals surface area contributed by atoms with Crippen molar-refractivity contribution in [2.24, 2.45) is 0 Å². The Bertz CT molecular complexity index is 314. The molecule has 2 aliphatic rings. The highest BCUT2D eigenvalue weighted by Crippen LogP contribution is 2.32. The lowest BCUT2D eigenvalue weighted by molar-refractivity contribution is -0.159. The molecule has 1 saturated carbocycles. The van der Waals surface area contributed by atoms with E-state index in [1.807, 2.05) is 11.8 Å². The fraction of sp³-hybridized carbons (Fsp3) is 0.917. The maximum Gasteiger partial charge on any atom is 0.377 e. The molecule has 1 aliphatic heterocycles. The molecule has 3 nitrogen and oxygen atoms in total. The van der Waals surface area contributed by atoms with Crippen molar-refractivity contribution < 1.29 is 18.3 Å². The Hall–Kier alpha value is -0.360. The van der Waals surface area contributed by atoms with Gasteiger partial charge in [-0.25, -0.2) is 4.79 Å². The Labute approximate surface area is 110 Å². The Balaban J connectivity index is 1.69. The van der Waals surface area contributed by atoms with Crippen LogP contribution in [0, 0.1) is 0 Å². The third-order valence-electron chi connectivity index (χ3n) is 3.48. The molecular weight excluding hydrogens is 260 g/mol. The number of ether oxygens (including phenoxy) is 1. The van der Waals surface area contributed by atoms with Gasteiger partial charge in [0.15, 0.2) is 0 Å². The molecule has 0 spiro atoms. The van der Waals surface area contributed by atoms with Crippen molar-refractivity contribution in [3.05, 3.63) is 0 Å². The van der Waals surface area contributed by atoms with Gasteiger partial charge in [-0.2, -0.15) is 20.5 Å².